The number of nitrogens with zero attached hydrogens (tertiary/aromatic N) is 4. The smallest absolute Gasteiger partial charge is 0.261 e. The van der Waals surface area contributed by atoms with Gasteiger partial charge in [0, 0.05) is 17.5 Å². The highest BCUT2D eigenvalue weighted by Crippen LogP contribution is 2.18. The normalized spacial score (nSPS) is 11.8. The van der Waals surface area contributed by atoms with Gasteiger partial charge in [0.15, 0.2) is 5.82 Å². The molecule has 0 amide bonds. The Morgan fingerprint density at radius 1 is 1.16 bits per heavy atom. The number of nitrogens with one attached hydrogen (secondary N) is 1. The van der Waals surface area contributed by atoms with E-state index in [1.54, 1.807) is 18.2 Å². The van der Waals surface area contributed by atoms with E-state index in [-0.39, 0.29) is 5.69 Å². The Kier molecular flexibility index (Phi) is 4.96. The first kappa shape index (κ1) is 16.5. The molecule has 1 N–H and O–H groups in total. The second kappa shape index (κ2) is 7.50. The fourth-order valence-electron chi connectivity index (χ4n) is 2.14. The number of aromatic nitrogens is 2. The molecule has 0 saturated carbocycles. The Hall–Kier alpha value is -3.32. The van der Waals surface area contributed by atoms with Crippen molar-refractivity contribution >= 4 is 46.3 Å². The molecule has 0 radical (unpaired) electrons. The van der Waals surface area contributed by atoms with Crippen LogP contribution in [0.25, 0.3) is 17.0 Å². The van der Waals surface area contributed by atoms with Crippen molar-refractivity contribution in [2.24, 2.45) is 5.10 Å². The van der Waals surface area contributed by atoms with Crippen LogP contribution in [0.4, 0.5) is 11.5 Å². The zero-order chi connectivity index (χ0) is 17.6. The number of non-ortho nitro benzene ring substituents is 1. The molecule has 1 aromatic heterocycles. The lowest BCUT2D eigenvalue weighted by Gasteiger charge is -2.03. The minimum Gasteiger partial charge on any atom is -0.261 e. The van der Waals surface area contributed by atoms with Crippen LogP contribution in [0, 0.1) is 10.1 Å². The highest BCUT2D eigenvalue weighted by Gasteiger charge is 2.03. The second-order valence-electron chi connectivity index (χ2n) is 4.99. The Balaban J connectivity index is 1.71. The molecule has 0 aliphatic carbocycles. The van der Waals surface area contributed by atoms with Gasteiger partial charge in [-0.2, -0.15) is 5.10 Å². The van der Waals surface area contributed by atoms with Gasteiger partial charge in [-0.25, -0.2) is 9.97 Å². The summed E-state index contributed by atoms with van der Waals surface area (Å²) >= 11 is 6.11. The van der Waals surface area contributed by atoms with Crippen LogP contribution < -0.4 is 5.43 Å². The van der Waals surface area contributed by atoms with Gasteiger partial charge in [-0.3, -0.25) is 15.5 Å². The molecule has 1 heterocycles. The number of nitro groups is 1. The quantitative estimate of drug-likeness (QED) is 0.421. The average Bonchev–Trinajstić information content (AvgIpc) is 2.62. The van der Waals surface area contributed by atoms with Crippen LogP contribution in [-0.4, -0.2) is 21.1 Å². The van der Waals surface area contributed by atoms with Crippen LogP contribution in [0.15, 0.2) is 65.0 Å². The van der Waals surface area contributed by atoms with Crippen LogP contribution in [-0.2, 0) is 0 Å². The van der Waals surface area contributed by atoms with Crippen molar-refractivity contribution in [3.63, 3.8) is 0 Å². The molecule has 0 bridgehead atoms. The maximum Gasteiger partial charge on any atom is 0.269 e. The van der Waals surface area contributed by atoms with Crippen molar-refractivity contribution in [3.8, 4) is 0 Å². The summed E-state index contributed by atoms with van der Waals surface area (Å²) in [5.74, 6) is 0.571. The molecule has 124 valence electrons. The number of rotatable bonds is 5. The van der Waals surface area contributed by atoms with E-state index in [0.717, 1.165) is 16.5 Å². The molecule has 0 spiro atoms. The monoisotopic (exact) mass is 353 g/mol. The summed E-state index contributed by atoms with van der Waals surface area (Å²) in [6, 6.07) is 13.6. The van der Waals surface area contributed by atoms with E-state index in [1.807, 2.05) is 24.3 Å². The third-order valence-corrected chi connectivity index (χ3v) is 3.52. The van der Waals surface area contributed by atoms with E-state index < -0.39 is 4.92 Å². The second-order valence-corrected chi connectivity index (χ2v) is 5.42. The molecule has 0 fully saturated rings. The van der Waals surface area contributed by atoms with Gasteiger partial charge in [0.1, 0.15) is 6.33 Å². The van der Waals surface area contributed by atoms with Gasteiger partial charge in [-0.05, 0) is 35.9 Å². The summed E-state index contributed by atoms with van der Waals surface area (Å²) in [5, 5.41) is 15.9. The van der Waals surface area contributed by atoms with E-state index in [0.29, 0.717) is 10.9 Å². The highest BCUT2D eigenvalue weighted by molar-refractivity contribution is 6.41. The summed E-state index contributed by atoms with van der Waals surface area (Å²) in [4.78, 5) is 18.5. The molecule has 0 atom stereocenters. The largest absolute Gasteiger partial charge is 0.269 e. The summed E-state index contributed by atoms with van der Waals surface area (Å²) in [6.07, 6.45) is 4.53. The Morgan fingerprint density at radius 2 is 1.92 bits per heavy atom. The van der Waals surface area contributed by atoms with Crippen molar-refractivity contribution in [1.29, 1.82) is 0 Å². The number of nitro benzene ring substituents is 1. The van der Waals surface area contributed by atoms with Crippen LogP contribution in [0.5, 0.6) is 0 Å². The predicted molar refractivity (Wildman–Crippen MR) is 98.6 cm³/mol. The fourth-order valence-corrected chi connectivity index (χ4v) is 2.31. The molecule has 0 saturated heterocycles. The maximum absolute atomic E-state index is 10.6. The first-order valence-corrected chi connectivity index (χ1v) is 7.62. The first-order chi connectivity index (χ1) is 12.1. The molecular weight excluding hydrogens is 342 g/mol. The Morgan fingerprint density at radius 3 is 2.68 bits per heavy atom. The van der Waals surface area contributed by atoms with Crippen molar-refractivity contribution in [2.45, 2.75) is 0 Å². The lowest BCUT2D eigenvalue weighted by molar-refractivity contribution is -0.384. The van der Waals surface area contributed by atoms with Gasteiger partial charge in [0.25, 0.3) is 5.69 Å². The van der Waals surface area contributed by atoms with Crippen LogP contribution in [0.1, 0.15) is 5.56 Å². The van der Waals surface area contributed by atoms with Gasteiger partial charge >= 0.3 is 0 Å². The summed E-state index contributed by atoms with van der Waals surface area (Å²) < 4.78 is 0. The van der Waals surface area contributed by atoms with Crippen molar-refractivity contribution in [2.75, 3.05) is 5.43 Å². The van der Waals surface area contributed by atoms with Crippen LogP contribution in [0.2, 0.25) is 0 Å². The predicted octanol–water partition coefficient (Wildman–Crippen LogP) is 4.22. The summed E-state index contributed by atoms with van der Waals surface area (Å²) in [7, 11) is 0. The van der Waals surface area contributed by atoms with Crippen molar-refractivity contribution < 1.29 is 4.92 Å². The van der Waals surface area contributed by atoms with E-state index in [9.17, 15) is 10.1 Å². The van der Waals surface area contributed by atoms with Gasteiger partial charge in [-0.1, -0.05) is 23.7 Å². The summed E-state index contributed by atoms with van der Waals surface area (Å²) in [5.41, 5.74) is 4.40. The minimum atomic E-state index is -0.452. The summed E-state index contributed by atoms with van der Waals surface area (Å²) in [6.45, 7) is 0. The van der Waals surface area contributed by atoms with Gasteiger partial charge < -0.3 is 0 Å². The minimum absolute atomic E-state index is 0.0271. The topological polar surface area (TPSA) is 93.3 Å². The molecule has 7 nitrogen and oxygen atoms in total. The molecule has 3 aromatic rings. The zero-order valence-electron chi connectivity index (χ0n) is 12.8. The molecule has 0 aliphatic heterocycles. The van der Waals surface area contributed by atoms with E-state index in [1.165, 1.54) is 24.7 Å². The lowest BCUT2D eigenvalue weighted by Crippen LogP contribution is -1.95. The number of hydrazone groups is 1. The third-order valence-electron chi connectivity index (χ3n) is 3.31. The standard InChI is InChI=1S/C17H12ClN5O2/c18-13(9-12-5-7-14(8-6-12)23(24)25)10-21-22-17-15-3-1-2-4-16(15)19-11-20-17/h1-11H,(H,19,20,22)/b13-9-,21-10?. The fraction of sp³-hybridized carbons (Fsp3) is 0. The molecule has 2 aromatic carbocycles. The Labute approximate surface area is 147 Å². The van der Waals surface area contributed by atoms with Crippen LogP contribution >= 0.6 is 11.6 Å². The maximum atomic E-state index is 10.6. The van der Waals surface area contributed by atoms with Gasteiger partial charge in [0.05, 0.1) is 21.7 Å². The molecule has 3 rings (SSSR count). The Bertz CT molecular complexity index is 965. The van der Waals surface area contributed by atoms with Crippen molar-refractivity contribution in [1.82, 2.24) is 9.97 Å². The van der Waals surface area contributed by atoms with E-state index in [4.69, 9.17) is 11.6 Å². The third kappa shape index (κ3) is 4.15. The number of hydrogen-bond acceptors (Lipinski definition) is 6. The number of benzene rings is 2. The van der Waals surface area contributed by atoms with Gasteiger partial charge in [0.2, 0.25) is 0 Å². The van der Waals surface area contributed by atoms with Gasteiger partial charge in [-0.15, -0.1) is 0 Å². The number of para-hydroxylation sites is 1. The molecule has 8 heteroatoms. The molecule has 0 unspecified atom stereocenters. The zero-order valence-corrected chi connectivity index (χ0v) is 13.6. The molecule has 0 aliphatic rings. The average molecular weight is 354 g/mol. The van der Waals surface area contributed by atoms with E-state index in [2.05, 4.69) is 20.5 Å². The van der Waals surface area contributed by atoms with Crippen LogP contribution in [0.3, 0.4) is 0 Å². The number of allylic oxidation sites excluding steroid dienone is 1. The van der Waals surface area contributed by atoms with Crippen molar-refractivity contribution in [3.05, 3.63) is 75.6 Å². The first-order valence-electron chi connectivity index (χ1n) is 7.24. The highest BCUT2D eigenvalue weighted by atomic mass is 35.5. The number of hydrogen-bond donors (Lipinski definition) is 1. The number of anilines is 1. The lowest BCUT2D eigenvalue weighted by atomic mass is 10.2. The SMILES string of the molecule is O=[N+]([O-])c1ccc(/C=C(\Cl)C=NNc2ncnc3ccccc23)cc1. The number of halogens is 1. The molecular formula is C17H12ClN5O2. The van der Waals surface area contributed by atoms with E-state index >= 15 is 0 Å². The number of fused-ring (bicyclic) bond motifs is 1. The molecule has 25 heavy (non-hydrogen) atoms.